The van der Waals surface area contributed by atoms with Gasteiger partial charge >= 0.3 is 0 Å². The van der Waals surface area contributed by atoms with Gasteiger partial charge in [-0.05, 0) is 29.6 Å². The van der Waals surface area contributed by atoms with Gasteiger partial charge in [0.2, 0.25) is 11.8 Å². The summed E-state index contributed by atoms with van der Waals surface area (Å²) in [6, 6.07) is -5.01. The zero-order valence-corrected chi connectivity index (χ0v) is 17.8. The standard InChI is InChI=1S/C25H27N3O5/c29-23-9-8-21(24(30)26-23)28-15-20-19(25(28)31)2-1-3-22(20)33-16-18-6-4-17(5-7-18)14-27-10-12-32-13-11-27/h1-7,21H,8-16H2,(H,26,29,30)/i1D,2D,3D,4D,5D,6D,7D,21D. The first-order chi connectivity index (χ1) is 19.4. The summed E-state index contributed by atoms with van der Waals surface area (Å²) in [4.78, 5) is 40.4. The number of fused-ring (bicyclic) bond motifs is 1. The molecule has 2 aromatic rings. The molecule has 2 saturated heterocycles. The first-order valence-electron chi connectivity index (χ1n) is 14.7. The lowest BCUT2D eigenvalue weighted by atomic mass is 10.0. The van der Waals surface area contributed by atoms with Crippen LogP contribution in [-0.2, 0) is 34.0 Å². The van der Waals surface area contributed by atoms with E-state index in [1.54, 1.807) is 0 Å². The molecule has 8 heteroatoms. The first-order valence-corrected chi connectivity index (χ1v) is 10.7. The van der Waals surface area contributed by atoms with Crippen LogP contribution in [-0.4, -0.2) is 59.8 Å². The van der Waals surface area contributed by atoms with Crippen molar-refractivity contribution < 1.29 is 34.8 Å². The fourth-order valence-corrected chi connectivity index (χ4v) is 3.96. The molecule has 172 valence electrons. The molecule has 3 heterocycles. The number of morpholine rings is 1. The van der Waals surface area contributed by atoms with E-state index in [1.165, 1.54) is 0 Å². The summed E-state index contributed by atoms with van der Waals surface area (Å²) in [6.45, 7) is 1.48. The maximum atomic E-state index is 13.3. The SMILES string of the molecule is [2H]c1c([2H])c(OCc2c([2H])c([2H])c(CN3CCOCC3)c([2H])c2[2H])c2c(c1[2H])C(=O)N(C1([2H])CCC(=O)NC1=O)C2. The van der Waals surface area contributed by atoms with E-state index in [0.29, 0.717) is 26.3 Å². The largest absolute Gasteiger partial charge is 0.489 e. The molecule has 5 rings (SSSR count). The van der Waals surface area contributed by atoms with Crippen LogP contribution in [0.3, 0.4) is 0 Å². The van der Waals surface area contributed by atoms with Crippen LogP contribution in [0.5, 0.6) is 5.75 Å². The minimum absolute atomic E-state index is 0.00322. The Morgan fingerprint density at radius 3 is 2.61 bits per heavy atom. The molecule has 33 heavy (non-hydrogen) atoms. The summed E-state index contributed by atoms with van der Waals surface area (Å²) < 4.78 is 78.7. The number of rotatable bonds is 6. The number of carbonyl (C=O) groups excluding carboxylic acids is 3. The number of hydrogen-bond acceptors (Lipinski definition) is 6. The van der Waals surface area contributed by atoms with Gasteiger partial charge < -0.3 is 14.4 Å². The third kappa shape index (κ3) is 4.62. The molecule has 1 N–H and O–H groups in total. The van der Waals surface area contributed by atoms with Crippen molar-refractivity contribution in [1.82, 2.24) is 15.1 Å². The van der Waals surface area contributed by atoms with Gasteiger partial charge in [-0.2, -0.15) is 0 Å². The minimum Gasteiger partial charge on any atom is -0.489 e. The highest BCUT2D eigenvalue weighted by molar-refractivity contribution is 6.05. The van der Waals surface area contributed by atoms with E-state index in [1.807, 2.05) is 10.2 Å². The normalized spacial score (nSPS) is 26.8. The molecule has 8 nitrogen and oxygen atoms in total. The van der Waals surface area contributed by atoms with E-state index in [4.69, 9.17) is 20.4 Å². The quantitative estimate of drug-likeness (QED) is 0.667. The zero-order valence-electron chi connectivity index (χ0n) is 25.8. The van der Waals surface area contributed by atoms with E-state index in [0.717, 1.165) is 4.90 Å². The average molecular weight is 458 g/mol. The average Bonchev–Trinajstić information content (AvgIpc) is 3.30. The monoisotopic (exact) mass is 457 g/mol. The molecular weight excluding hydrogens is 422 g/mol. The lowest BCUT2D eigenvalue weighted by molar-refractivity contribution is -0.136. The van der Waals surface area contributed by atoms with Crippen molar-refractivity contribution in [2.75, 3.05) is 26.3 Å². The summed E-state index contributed by atoms with van der Waals surface area (Å²) >= 11 is 0. The molecule has 3 aliphatic rings. The van der Waals surface area contributed by atoms with Gasteiger partial charge in [-0.1, -0.05) is 30.2 Å². The van der Waals surface area contributed by atoms with Crippen molar-refractivity contribution in [2.45, 2.75) is 38.6 Å². The van der Waals surface area contributed by atoms with Crippen LogP contribution in [0.15, 0.2) is 42.3 Å². The van der Waals surface area contributed by atoms with E-state index in [9.17, 15) is 14.4 Å². The maximum absolute atomic E-state index is 13.3. The summed E-state index contributed by atoms with van der Waals surface area (Å²) in [5.41, 5.74) is -0.177. The second-order valence-corrected chi connectivity index (χ2v) is 7.91. The molecule has 0 radical (unpaired) electrons. The third-order valence-electron chi connectivity index (χ3n) is 5.72. The summed E-state index contributed by atoms with van der Waals surface area (Å²) in [5.74, 6) is -2.76. The Balaban J connectivity index is 1.47. The Morgan fingerprint density at radius 2 is 1.85 bits per heavy atom. The van der Waals surface area contributed by atoms with Gasteiger partial charge in [0.25, 0.3) is 5.91 Å². The first kappa shape index (κ1) is 14.1. The van der Waals surface area contributed by atoms with Gasteiger partial charge in [0.1, 0.15) is 18.4 Å². The minimum atomic E-state index is -2.16. The van der Waals surface area contributed by atoms with Crippen molar-refractivity contribution in [1.29, 1.82) is 0 Å². The van der Waals surface area contributed by atoms with Gasteiger partial charge in [-0.3, -0.25) is 24.6 Å². The van der Waals surface area contributed by atoms with E-state index in [2.05, 4.69) is 0 Å². The molecule has 0 saturated carbocycles. The van der Waals surface area contributed by atoms with Crippen molar-refractivity contribution >= 4 is 17.7 Å². The van der Waals surface area contributed by atoms with Gasteiger partial charge in [0.15, 0.2) is 0 Å². The Hall–Kier alpha value is -3.23. The van der Waals surface area contributed by atoms with Crippen LogP contribution in [0.4, 0.5) is 0 Å². The Labute approximate surface area is 203 Å². The van der Waals surface area contributed by atoms with Crippen molar-refractivity contribution in [2.24, 2.45) is 0 Å². The highest BCUT2D eigenvalue weighted by Crippen LogP contribution is 2.34. The number of nitrogens with one attached hydrogen (secondary N) is 1. The van der Waals surface area contributed by atoms with Crippen LogP contribution >= 0.6 is 0 Å². The Kier molecular flexibility index (Phi) is 3.99. The molecule has 0 bridgehead atoms. The van der Waals surface area contributed by atoms with E-state index >= 15 is 0 Å². The number of hydrogen-bond donors (Lipinski definition) is 1. The molecule has 3 amide bonds. The number of amides is 3. The maximum Gasteiger partial charge on any atom is 0.255 e. The Bertz CT molecular complexity index is 1450. The summed E-state index contributed by atoms with van der Waals surface area (Å²) in [5, 5.41) is 2.05. The number of nitrogens with zero attached hydrogens (tertiary/aromatic N) is 2. The van der Waals surface area contributed by atoms with Gasteiger partial charge in [0, 0.05) is 37.2 Å². The van der Waals surface area contributed by atoms with Crippen molar-refractivity contribution in [3.8, 4) is 5.75 Å². The topological polar surface area (TPSA) is 88.2 Å². The summed E-state index contributed by atoms with van der Waals surface area (Å²) in [6.07, 6.45) is -0.451. The fraction of sp³-hybridized carbons (Fsp3) is 0.400. The molecule has 3 aliphatic heterocycles. The molecule has 0 aliphatic carbocycles. The van der Waals surface area contributed by atoms with Gasteiger partial charge in [0.05, 0.1) is 30.7 Å². The molecule has 2 fully saturated rings. The highest BCUT2D eigenvalue weighted by atomic mass is 16.5. The number of imide groups is 1. The predicted molar refractivity (Wildman–Crippen MR) is 119 cm³/mol. The smallest absolute Gasteiger partial charge is 0.255 e. The molecule has 0 spiro atoms. The number of carbonyl (C=O) groups is 3. The second kappa shape index (κ2) is 9.33. The lowest BCUT2D eigenvalue weighted by Gasteiger charge is -2.29. The van der Waals surface area contributed by atoms with E-state index in [-0.39, 0.29) is 71.6 Å². The van der Waals surface area contributed by atoms with Crippen molar-refractivity contribution in [3.63, 3.8) is 0 Å². The van der Waals surface area contributed by atoms with Crippen LogP contribution in [0.2, 0.25) is 0 Å². The van der Waals surface area contributed by atoms with Gasteiger partial charge in [-0.25, -0.2) is 0 Å². The molecule has 2 aromatic carbocycles. The summed E-state index contributed by atoms with van der Waals surface area (Å²) in [7, 11) is 0. The molecule has 0 aromatic heterocycles. The van der Waals surface area contributed by atoms with Crippen LogP contribution in [0.1, 0.15) is 50.9 Å². The number of ether oxygens (including phenoxy) is 2. The van der Waals surface area contributed by atoms with E-state index < -0.39 is 55.0 Å². The fourth-order valence-electron chi connectivity index (χ4n) is 3.96. The zero-order chi connectivity index (χ0) is 29.8. The van der Waals surface area contributed by atoms with Crippen LogP contribution in [0, 0.1) is 0 Å². The molecular formula is C25H27N3O5. The van der Waals surface area contributed by atoms with Crippen molar-refractivity contribution in [3.05, 3.63) is 64.6 Å². The third-order valence-corrected chi connectivity index (χ3v) is 5.72. The number of piperidine rings is 1. The second-order valence-electron chi connectivity index (χ2n) is 7.91. The number of benzene rings is 2. The van der Waals surface area contributed by atoms with Crippen LogP contribution < -0.4 is 10.1 Å². The highest BCUT2D eigenvalue weighted by Gasteiger charge is 2.40. The Morgan fingerprint density at radius 1 is 1.09 bits per heavy atom. The van der Waals surface area contributed by atoms with Crippen LogP contribution in [0.25, 0.3) is 0 Å². The molecule has 1 atom stereocenters. The lowest BCUT2D eigenvalue weighted by Crippen LogP contribution is -2.52. The van der Waals surface area contributed by atoms with Gasteiger partial charge in [-0.15, -0.1) is 0 Å². The molecule has 1 unspecified atom stereocenters. The predicted octanol–water partition coefficient (Wildman–Crippen LogP) is 1.86.